The molecule has 29 heavy (non-hydrogen) atoms. The number of carboxylic acids is 1. The van der Waals surface area contributed by atoms with E-state index in [2.05, 4.69) is 11.9 Å². The van der Waals surface area contributed by atoms with E-state index in [0.717, 1.165) is 10.5 Å². The van der Waals surface area contributed by atoms with Crippen LogP contribution in [-0.4, -0.2) is 34.5 Å². The first-order valence-electron chi connectivity index (χ1n) is 9.05. The van der Waals surface area contributed by atoms with Crippen LogP contribution in [0, 0.1) is 0 Å². The van der Waals surface area contributed by atoms with Crippen molar-refractivity contribution in [2.45, 2.75) is 25.4 Å². The van der Waals surface area contributed by atoms with E-state index in [1.54, 1.807) is 61.5 Å². The Morgan fingerprint density at radius 2 is 1.79 bits per heavy atom. The number of imide groups is 1. The summed E-state index contributed by atoms with van der Waals surface area (Å²) < 4.78 is 5.55. The predicted octanol–water partition coefficient (Wildman–Crippen LogP) is 3.23. The minimum Gasteiger partial charge on any atom is -0.489 e. The zero-order valence-electron chi connectivity index (χ0n) is 16.2. The molecular formula is C22H22N2O5. The molecule has 0 aliphatic carbocycles. The number of hydrogen-bond donors (Lipinski definition) is 2. The Bertz CT molecular complexity index is 955. The van der Waals surface area contributed by atoms with E-state index >= 15 is 0 Å². The molecule has 1 aliphatic heterocycles. The molecule has 1 aliphatic rings. The molecule has 2 N–H and O–H groups in total. The first-order chi connectivity index (χ1) is 13.7. The molecule has 1 saturated heterocycles. The number of amides is 3. The number of urea groups is 1. The van der Waals surface area contributed by atoms with Gasteiger partial charge in [0.25, 0.3) is 5.91 Å². The fourth-order valence-electron chi connectivity index (χ4n) is 3.22. The molecule has 3 rings (SSSR count). The van der Waals surface area contributed by atoms with Crippen LogP contribution in [0.25, 0.3) is 0 Å². The normalized spacial score (nSPS) is 19.6. The SMILES string of the molecule is C=C(C)COc1ccc(C2(C)NC(=O)N(C(C(=O)O)c3ccccc3)C2=O)cc1. The third-order valence-electron chi connectivity index (χ3n) is 4.75. The number of carboxylic acid groups (broad SMARTS) is 1. The lowest BCUT2D eigenvalue weighted by atomic mass is 9.91. The molecule has 1 heterocycles. The Kier molecular flexibility index (Phi) is 5.41. The number of carbonyl (C=O) groups excluding carboxylic acids is 2. The van der Waals surface area contributed by atoms with Gasteiger partial charge >= 0.3 is 12.0 Å². The number of aliphatic carboxylic acids is 1. The maximum absolute atomic E-state index is 13.2. The molecule has 150 valence electrons. The number of nitrogens with zero attached hydrogens (tertiary/aromatic N) is 1. The summed E-state index contributed by atoms with van der Waals surface area (Å²) in [4.78, 5) is 38.5. The number of nitrogens with one attached hydrogen (secondary N) is 1. The van der Waals surface area contributed by atoms with Gasteiger partial charge in [0, 0.05) is 0 Å². The summed E-state index contributed by atoms with van der Waals surface area (Å²) in [5.74, 6) is -1.32. The van der Waals surface area contributed by atoms with E-state index in [4.69, 9.17) is 4.74 Å². The molecule has 2 atom stereocenters. The third-order valence-corrected chi connectivity index (χ3v) is 4.75. The Hall–Kier alpha value is -3.61. The predicted molar refractivity (Wildman–Crippen MR) is 106 cm³/mol. The maximum atomic E-state index is 13.2. The lowest BCUT2D eigenvalue weighted by Crippen LogP contribution is -2.42. The van der Waals surface area contributed by atoms with E-state index in [0.29, 0.717) is 23.5 Å². The van der Waals surface area contributed by atoms with Crippen LogP contribution >= 0.6 is 0 Å². The highest BCUT2D eigenvalue weighted by Gasteiger charge is 2.53. The van der Waals surface area contributed by atoms with Gasteiger partial charge in [0.1, 0.15) is 17.9 Å². The van der Waals surface area contributed by atoms with Crippen LogP contribution in [0.4, 0.5) is 4.79 Å². The van der Waals surface area contributed by atoms with Crippen LogP contribution in [0.2, 0.25) is 0 Å². The van der Waals surface area contributed by atoms with Gasteiger partial charge in [-0.15, -0.1) is 0 Å². The van der Waals surface area contributed by atoms with Crippen molar-refractivity contribution in [2.24, 2.45) is 0 Å². The van der Waals surface area contributed by atoms with Gasteiger partial charge in [0.05, 0.1) is 0 Å². The summed E-state index contributed by atoms with van der Waals surface area (Å²) >= 11 is 0. The molecule has 0 spiro atoms. The Balaban J connectivity index is 1.90. The van der Waals surface area contributed by atoms with Crippen molar-refractivity contribution in [1.29, 1.82) is 0 Å². The largest absolute Gasteiger partial charge is 0.489 e. The van der Waals surface area contributed by atoms with Crippen molar-refractivity contribution < 1.29 is 24.2 Å². The van der Waals surface area contributed by atoms with Crippen molar-refractivity contribution in [2.75, 3.05) is 6.61 Å². The van der Waals surface area contributed by atoms with Gasteiger partial charge in [-0.05, 0) is 42.7 Å². The van der Waals surface area contributed by atoms with E-state index in [1.165, 1.54) is 0 Å². The number of ether oxygens (including phenoxy) is 1. The monoisotopic (exact) mass is 394 g/mol. The minimum absolute atomic E-state index is 0.344. The van der Waals surface area contributed by atoms with Gasteiger partial charge in [-0.3, -0.25) is 4.79 Å². The van der Waals surface area contributed by atoms with E-state index in [9.17, 15) is 19.5 Å². The van der Waals surface area contributed by atoms with Crippen LogP contribution in [-0.2, 0) is 15.1 Å². The molecule has 0 saturated carbocycles. The quantitative estimate of drug-likeness (QED) is 0.555. The second kappa shape index (κ2) is 7.79. The molecule has 2 unspecified atom stereocenters. The minimum atomic E-state index is -1.41. The lowest BCUT2D eigenvalue weighted by molar-refractivity contribution is -0.148. The zero-order chi connectivity index (χ0) is 21.2. The van der Waals surface area contributed by atoms with Gasteiger partial charge in [-0.2, -0.15) is 0 Å². The van der Waals surface area contributed by atoms with Crippen LogP contribution in [0.5, 0.6) is 5.75 Å². The molecule has 7 nitrogen and oxygen atoms in total. The Morgan fingerprint density at radius 1 is 1.17 bits per heavy atom. The van der Waals surface area contributed by atoms with Crippen molar-refractivity contribution in [1.82, 2.24) is 10.2 Å². The van der Waals surface area contributed by atoms with Gasteiger partial charge < -0.3 is 15.2 Å². The summed E-state index contributed by atoms with van der Waals surface area (Å²) in [6.07, 6.45) is 0. The van der Waals surface area contributed by atoms with Crippen LogP contribution in [0.1, 0.15) is 31.0 Å². The lowest BCUT2D eigenvalue weighted by Gasteiger charge is -2.25. The Morgan fingerprint density at radius 3 is 2.34 bits per heavy atom. The summed E-state index contributed by atoms with van der Waals surface area (Å²) in [6.45, 7) is 7.55. The third kappa shape index (κ3) is 3.85. The van der Waals surface area contributed by atoms with Gasteiger partial charge in [-0.25, -0.2) is 14.5 Å². The molecule has 2 aromatic rings. The topological polar surface area (TPSA) is 95.9 Å². The summed E-state index contributed by atoms with van der Waals surface area (Å²) in [5.41, 5.74) is 0.358. The highest BCUT2D eigenvalue weighted by Crippen LogP contribution is 2.35. The van der Waals surface area contributed by atoms with Crippen molar-refractivity contribution in [3.8, 4) is 5.75 Å². The molecular weight excluding hydrogens is 372 g/mol. The smallest absolute Gasteiger partial charge is 0.331 e. The molecule has 3 amide bonds. The van der Waals surface area contributed by atoms with E-state index < -0.39 is 29.5 Å². The summed E-state index contributed by atoms with van der Waals surface area (Å²) in [7, 11) is 0. The fourth-order valence-corrected chi connectivity index (χ4v) is 3.22. The summed E-state index contributed by atoms with van der Waals surface area (Å²) in [6, 6.07) is 12.8. The van der Waals surface area contributed by atoms with Gasteiger partial charge in [-0.1, -0.05) is 49.0 Å². The number of carbonyl (C=O) groups is 3. The molecule has 1 fully saturated rings. The van der Waals surface area contributed by atoms with Crippen LogP contribution in [0.15, 0.2) is 66.7 Å². The van der Waals surface area contributed by atoms with E-state index in [1.807, 2.05) is 6.92 Å². The zero-order valence-corrected chi connectivity index (χ0v) is 16.2. The standard InChI is InChI=1S/C22H22N2O5/c1-14(2)13-29-17-11-9-16(10-12-17)22(3)20(27)24(21(28)23-22)18(19(25)26)15-7-5-4-6-8-15/h4-12,18H,1,13H2,2-3H3,(H,23,28)(H,25,26). The molecule has 0 aromatic heterocycles. The average Bonchev–Trinajstić information content (AvgIpc) is 2.92. The molecule has 0 bridgehead atoms. The van der Waals surface area contributed by atoms with Crippen LogP contribution in [0.3, 0.4) is 0 Å². The number of hydrogen-bond acceptors (Lipinski definition) is 4. The van der Waals surface area contributed by atoms with Gasteiger partial charge in [0.15, 0.2) is 6.04 Å². The highest BCUT2D eigenvalue weighted by atomic mass is 16.5. The molecule has 0 radical (unpaired) electrons. The number of rotatable bonds is 7. The van der Waals surface area contributed by atoms with Crippen molar-refractivity contribution >= 4 is 17.9 Å². The fraction of sp³-hybridized carbons (Fsp3) is 0.227. The Labute approximate surface area is 168 Å². The van der Waals surface area contributed by atoms with E-state index in [-0.39, 0.29) is 0 Å². The van der Waals surface area contributed by atoms with Crippen LogP contribution < -0.4 is 10.1 Å². The number of benzene rings is 2. The van der Waals surface area contributed by atoms with Crippen molar-refractivity contribution in [3.05, 3.63) is 77.9 Å². The summed E-state index contributed by atoms with van der Waals surface area (Å²) in [5, 5.41) is 12.3. The molecule has 2 aromatic carbocycles. The van der Waals surface area contributed by atoms with Crippen molar-refractivity contribution in [3.63, 3.8) is 0 Å². The maximum Gasteiger partial charge on any atom is 0.331 e. The molecule has 7 heteroatoms. The first kappa shape index (κ1) is 20.1. The highest BCUT2D eigenvalue weighted by molar-refractivity contribution is 6.09. The second-order valence-electron chi connectivity index (χ2n) is 7.15. The average molecular weight is 394 g/mol. The first-order valence-corrected chi connectivity index (χ1v) is 9.05. The van der Waals surface area contributed by atoms with Gasteiger partial charge in [0.2, 0.25) is 0 Å². The second-order valence-corrected chi connectivity index (χ2v) is 7.15.